The highest BCUT2D eigenvalue weighted by atomic mass is 32.1. The van der Waals surface area contributed by atoms with Crippen LogP contribution in [-0.4, -0.2) is 32.7 Å². The van der Waals surface area contributed by atoms with Gasteiger partial charge < -0.3 is 15.2 Å². The van der Waals surface area contributed by atoms with Crippen LogP contribution in [0.25, 0.3) is 10.6 Å². The summed E-state index contributed by atoms with van der Waals surface area (Å²) < 4.78 is 34.3. The van der Waals surface area contributed by atoms with Gasteiger partial charge in [0.05, 0.1) is 35.3 Å². The number of aliphatic hydroxyl groups excluding tert-OH is 1. The smallest absolute Gasteiger partial charge is 0.275 e. The number of hydrogen-bond donors (Lipinski definition) is 2. The number of nitrogens with one attached hydrogen (secondary N) is 1. The first kappa shape index (κ1) is 20.2. The number of pyridine rings is 1. The molecule has 3 heterocycles. The Labute approximate surface area is 180 Å². The maximum atomic E-state index is 14.0. The van der Waals surface area contributed by atoms with Crippen molar-refractivity contribution < 1.29 is 23.4 Å². The molecule has 1 spiro atoms. The summed E-state index contributed by atoms with van der Waals surface area (Å²) in [4.78, 5) is 21.0. The number of rotatable bonds is 4. The number of aromatic nitrogens is 2. The summed E-state index contributed by atoms with van der Waals surface area (Å²) in [5, 5.41) is 14.6. The van der Waals surface area contributed by atoms with Crippen molar-refractivity contribution in [1.82, 2.24) is 9.97 Å². The molecule has 1 saturated carbocycles. The SMILES string of the molecule is O=C(Nc1cnccc1[C@H]1C[C@@H](O)CC2(CC2)O1)c1csc(-c2c(F)cccc2F)n1. The number of benzene rings is 1. The lowest BCUT2D eigenvalue weighted by Gasteiger charge is -2.34. The highest BCUT2D eigenvalue weighted by Crippen LogP contribution is 2.52. The molecule has 1 aliphatic carbocycles. The second-order valence-corrected chi connectivity index (χ2v) is 8.79. The van der Waals surface area contributed by atoms with Crippen LogP contribution in [0.3, 0.4) is 0 Å². The number of nitrogens with zero attached hydrogens (tertiary/aromatic N) is 2. The van der Waals surface area contributed by atoms with Crippen molar-refractivity contribution in [2.75, 3.05) is 5.32 Å². The molecule has 2 N–H and O–H groups in total. The minimum absolute atomic E-state index is 0.0423. The zero-order chi connectivity index (χ0) is 21.6. The van der Waals surface area contributed by atoms with Crippen molar-refractivity contribution in [3.63, 3.8) is 0 Å². The van der Waals surface area contributed by atoms with Crippen LogP contribution in [0.1, 0.15) is 47.8 Å². The first-order chi connectivity index (χ1) is 14.9. The van der Waals surface area contributed by atoms with E-state index in [-0.39, 0.29) is 28.0 Å². The molecule has 6 nitrogen and oxygen atoms in total. The third-order valence-electron chi connectivity index (χ3n) is 5.66. The van der Waals surface area contributed by atoms with Gasteiger partial charge in [0.15, 0.2) is 0 Å². The van der Waals surface area contributed by atoms with E-state index >= 15 is 0 Å². The lowest BCUT2D eigenvalue weighted by atomic mass is 9.94. The average molecular weight is 443 g/mol. The second-order valence-electron chi connectivity index (χ2n) is 7.93. The minimum Gasteiger partial charge on any atom is -0.393 e. The molecular weight excluding hydrogens is 424 g/mol. The lowest BCUT2D eigenvalue weighted by Crippen LogP contribution is -2.33. The molecule has 2 atom stereocenters. The molecule has 160 valence electrons. The molecule has 0 bridgehead atoms. The highest BCUT2D eigenvalue weighted by Gasteiger charge is 2.50. The van der Waals surface area contributed by atoms with Crippen molar-refractivity contribution in [1.29, 1.82) is 0 Å². The summed E-state index contributed by atoms with van der Waals surface area (Å²) in [6.07, 6.45) is 5.20. The highest BCUT2D eigenvalue weighted by molar-refractivity contribution is 7.13. The molecule has 3 aromatic rings. The number of ether oxygens (including phenoxy) is 1. The van der Waals surface area contributed by atoms with Gasteiger partial charge in [-0.15, -0.1) is 11.3 Å². The van der Waals surface area contributed by atoms with E-state index in [0.29, 0.717) is 18.5 Å². The topological polar surface area (TPSA) is 84.3 Å². The maximum Gasteiger partial charge on any atom is 0.275 e. The molecule has 0 radical (unpaired) electrons. The van der Waals surface area contributed by atoms with Gasteiger partial charge in [-0.05, 0) is 31.0 Å². The zero-order valence-corrected chi connectivity index (χ0v) is 17.2. The first-order valence-corrected chi connectivity index (χ1v) is 10.8. The molecule has 1 amide bonds. The van der Waals surface area contributed by atoms with Gasteiger partial charge in [0.2, 0.25) is 0 Å². The van der Waals surface area contributed by atoms with E-state index in [2.05, 4.69) is 15.3 Å². The van der Waals surface area contributed by atoms with Crippen molar-refractivity contribution in [3.05, 3.63) is 64.9 Å². The van der Waals surface area contributed by atoms with E-state index in [0.717, 1.165) is 41.9 Å². The molecular formula is C22H19F2N3O3S. The Morgan fingerprint density at radius 3 is 2.77 bits per heavy atom. The normalized spacial score (nSPS) is 21.8. The van der Waals surface area contributed by atoms with Crippen molar-refractivity contribution >= 4 is 22.9 Å². The zero-order valence-electron chi connectivity index (χ0n) is 16.3. The molecule has 1 aliphatic heterocycles. The maximum absolute atomic E-state index is 14.0. The van der Waals surface area contributed by atoms with Crippen LogP contribution in [-0.2, 0) is 4.74 Å². The van der Waals surface area contributed by atoms with Crippen LogP contribution in [0.15, 0.2) is 42.0 Å². The number of carbonyl (C=O) groups excluding carboxylic acids is 1. The number of hydrogen-bond acceptors (Lipinski definition) is 6. The first-order valence-electron chi connectivity index (χ1n) is 9.95. The molecule has 5 rings (SSSR count). The van der Waals surface area contributed by atoms with E-state index < -0.39 is 23.6 Å². The van der Waals surface area contributed by atoms with Gasteiger partial charge in [0, 0.05) is 30.0 Å². The molecule has 2 aliphatic rings. The summed E-state index contributed by atoms with van der Waals surface area (Å²) in [5.74, 6) is -2.00. The third-order valence-corrected chi connectivity index (χ3v) is 6.52. The lowest BCUT2D eigenvalue weighted by molar-refractivity contribution is -0.113. The summed E-state index contributed by atoms with van der Waals surface area (Å²) in [5.41, 5.74) is 0.701. The Balaban J connectivity index is 1.38. The van der Waals surface area contributed by atoms with Crippen molar-refractivity contribution in [2.45, 2.75) is 43.5 Å². The number of halogens is 2. The van der Waals surface area contributed by atoms with E-state index in [9.17, 15) is 18.7 Å². The fourth-order valence-corrected chi connectivity index (χ4v) is 4.83. The Morgan fingerprint density at radius 2 is 2.03 bits per heavy atom. The number of amides is 1. The molecule has 2 aromatic heterocycles. The predicted octanol–water partition coefficient (Wildman–Crippen LogP) is 4.48. The quantitative estimate of drug-likeness (QED) is 0.621. The van der Waals surface area contributed by atoms with Crippen LogP contribution in [0.2, 0.25) is 0 Å². The molecule has 1 aromatic carbocycles. The Bertz CT molecular complexity index is 1130. The van der Waals surface area contributed by atoms with Gasteiger partial charge in [-0.3, -0.25) is 9.78 Å². The van der Waals surface area contributed by atoms with E-state index in [1.54, 1.807) is 12.3 Å². The summed E-state index contributed by atoms with van der Waals surface area (Å²) in [6, 6.07) is 5.32. The van der Waals surface area contributed by atoms with Gasteiger partial charge in [0.1, 0.15) is 22.3 Å². The van der Waals surface area contributed by atoms with E-state index in [1.165, 1.54) is 17.6 Å². The predicted molar refractivity (Wildman–Crippen MR) is 111 cm³/mol. The standard InChI is InChI=1S/C22H19F2N3O3S/c23-14-2-1-3-15(24)19(14)21-27-17(11-31-21)20(29)26-16-10-25-7-4-13(16)18-8-12(28)9-22(30-18)5-6-22/h1-4,7,10-12,18,28H,5-6,8-9H2,(H,26,29)/t12-,18-/m1/s1. The molecule has 0 unspecified atom stereocenters. The average Bonchev–Trinajstić information content (AvgIpc) is 3.28. The fraction of sp³-hybridized carbons (Fsp3) is 0.318. The second kappa shape index (κ2) is 7.74. The van der Waals surface area contributed by atoms with Crippen LogP contribution >= 0.6 is 11.3 Å². The van der Waals surface area contributed by atoms with Gasteiger partial charge in [-0.1, -0.05) is 6.07 Å². The number of anilines is 1. The number of carbonyl (C=O) groups is 1. The molecule has 31 heavy (non-hydrogen) atoms. The number of aliphatic hydroxyl groups is 1. The Morgan fingerprint density at radius 1 is 1.26 bits per heavy atom. The van der Waals surface area contributed by atoms with Crippen molar-refractivity contribution in [2.24, 2.45) is 0 Å². The fourth-order valence-electron chi connectivity index (χ4n) is 3.98. The van der Waals surface area contributed by atoms with E-state index in [1.807, 2.05) is 0 Å². The molecule has 2 fully saturated rings. The summed E-state index contributed by atoms with van der Waals surface area (Å²) >= 11 is 0.985. The van der Waals surface area contributed by atoms with Gasteiger partial charge in [-0.25, -0.2) is 13.8 Å². The third kappa shape index (κ3) is 3.96. The monoisotopic (exact) mass is 443 g/mol. The summed E-state index contributed by atoms with van der Waals surface area (Å²) in [6.45, 7) is 0. The van der Waals surface area contributed by atoms with Gasteiger partial charge in [-0.2, -0.15) is 0 Å². The van der Waals surface area contributed by atoms with Crippen LogP contribution in [0, 0.1) is 11.6 Å². The van der Waals surface area contributed by atoms with E-state index in [4.69, 9.17) is 4.74 Å². The summed E-state index contributed by atoms with van der Waals surface area (Å²) in [7, 11) is 0. The largest absolute Gasteiger partial charge is 0.393 e. The van der Waals surface area contributed by atoms with Gasteiger partial charge >= 0.3 is 0 Å². The van der Waals surface area contributed by atoms with Crippen molar-refractivity contribution in [3.8, 4) is 10.6 Å². The van der Waals surface area contributed by atoms with Gasteiger partial charge in [0.25, 0.3) is 5.91 Å². The Kier molecular flexibility index (Phi) is 5.04. The molecule has 1 saturated heterocycles. The van der Waals surface area contributed by atoms with Crippen LogP contribution < -0.4 is 5.32 Å². The van der Waals surface area contributed by atoms with Crippen LogP contribution in [0.5, 0.6) is 0 Å². The molecule has 9 heteroatoms. The number of thiazole rings is 1. The Hall–Kier alpha value is -2.75. The minimum atomic E-state index is -0.738. The van der Waals surface area contributed by atoms with Crippen LogP contribution in [0.4, 0.5) is 14.5 Å².